The molecule has 2 saturated heterocycles. The fourth-order valence-electron chi connectivity index (χ4n) is 5.74. The van der Waals surface area contributed by atoms with Gasteiger partial charge < -0.3 is 46.7 Å². The molecular weight excluding hydrogens is 488 g/mol. The number of nitrogens with one attached hydrogen (secondary N) is 2. The van der Waals surface area contributed by atoms with Crippen molar-refractivity contribution in [1.29, 1.82) is 0 Å². The molecule has 0 bridgehead atoms. The van der Waals surface area contributed by atoms with E-state index in [1.165, 1.54) is 11.0 Å². The van der Waals surface area contributed by atoms with E-state index in [1.54, 1.807) is 12.1 Å². The zero-order valence-electron chi connectivity index (χ0n) is 19.6. The largest absolute Gasteiger partial charge is 0.486 e. The maximum Gasteiger partial charge on any atom is 0.255 e. The average molecular weight is 514 g/mol. The molecule has 8 N–H and O–H groups in total. The summed E-state index contributed by atoms with van der Waals surface area (Å²) in [5.74, 6) is -3.53. The summed E-state index contributed by atoms with van der Waals surface area (Å²) < 4.78 is 11.1. The van der Waals surface area contributed by atoms with Gasteiger partial charge in [-0.25, -0.2) is 9.98 Å². The lowest BCUT2D eigenvalue weighted by Crippen LogP contribution is -2.78. The van der Waals surface area contributed by atoms with Gasteiger partial charge in [0.2, 0.25) is 17.6 Å². The van der Waals surface area contributed by atoms with Crippen LogP contribution in [0.25, 0.3) is 0 Å². The van der Waals surface area contributed by atoms with Crippen LogP contribution < -0.4 is 31.6 Å². The van der Waals surface area contributed by atoms with E-state index in [1.807, 2.05) is 0 Å². The number of imide groups is 1. The zero-order valence-corrected chi connectivity index (χ0v) is 19.6. The van der Waals surface area contributed by atoms with Gasteiger partial charge in [-0.3, -0.25) is 19.3 Å². The number of hydrogen-bond donors (Lipinski definition) is 6. The minimum atomic E-state index is -2.66. The molecule has 4 unspecified atom stereocenters. The number of aliphatic hydroxyl groups is 2. The molecule has 196 valence electrons. The summed E-state index contributed by atoms with van der Waals surface area (Å²) in [5, 5.41) is 28.6. The molecule has 1 spiro atoms. The lowest BCUT2D eigenvalue weighted by Gasteiger charge is -2.49. The van der Waals surface area contributed by atoms with Gasteiger partial charge in [-0.05, 0) is 12.1 Å². The van der Waals surface area contributed by atoms with Crippen LogP contribution >= 0.6 is 0 Å². The molecular formula is C22H26N8O7. The molecule has 6 rings (SSSR count). The van der Waals surface area contributed by atoms with Gasteiger partial charge in [0.15, 0.2) is 29.1 Å². The van der Waals surface area contributed by atoms with E-state index in [0.29, 0.717) is 12.4 Å². The van der Waals surface area contributed by atoms with E-state index in [0.717, 1.165) is 4.90 Å². The molecule has 15 nitrogen and oxygen atoms in total. The molecule has 0 saturated carbocycles. The molecule has 0 radical (unpaired) electrons. The number of carbonyl (C=O) groups excluding carboxylic acids is 3. The Morgan fingerprint density at radius 3 is 2.65 bits per heavy atom. The Morgan fingerprint density at radius 1 is 1.16 bits per heavy atom. The normalized spacial score (nSPS) is 31.4. The van der Waals surface area contributed by atoms with Crippen molar-refractivity contribution in [1.82, 2.24) is 20.4 Å². The highest BCUT2D eigenvalue weighted by molar-refractivity contribution is 6.02. The standard InChI is InChI=1S/C22H26N8O7/c23-19-27-17-11(8-29-14(31)4-5-15(29)32)25-20(24)30-9-13(22(34,35)21(17,30)28-19)26-18(33)10-2-1-3-12-16(10)37-7-6-36-12/h1-3,11,13,17,34-35H,4-9H2,(H2,24,25)(H,26,33)(H3,23,27,28). The second kappa shape index (κ2) is 7.94. The minimum absolute atomic E-state index is 0.0872. The molecule has 2 fully saturated rings. The molecule has 1 aromatic carbocycles. The number of rotatable bonds is 4. The number of guanidine groups is 2. The topological polar surface area (TPSA) is 217 Å². The van der Waals surface area contributed by atoms with Gasteiger partial charge in [0.05, 0.1) is 18.2 Å². The van der Waals surface area contributed by atoms with Gasteiger partial charge in [0.1, 0.15) is 25.3 Å². The summed E-state index contributed by atoms with van der Waals surface area (Å²) in [6, 6.07) is 1.61. The van der Waals surface area contributed by atoms with Crippen LogP contribution in [0.5, 0.6) is 11.5 Å². The highest BCUT2D eigenvalue weighted by atomic mass is 16.6. The lowest BCUT2D eigenvalue weighted by molar-refractivity contribution is -0.230. The average Bonchev–Trinajstić information content (AvgIpc) is 3.46. The van der Waals surface area contributed by atoms with E-state index >= 15 is 0 Å². The first-order valence-electron chi connectivity index (χ1n) is 11.8. The predicted octanol–water partition coefficient (Wildman–Crippen LogP) is -3.62. The van der Waals surface area contributed by atoms with E-state index in [4.69, 9.17) is 20.9 Å². The summed E-state index contributed by atoms with van der Waals surface area (Å²) in [5.41, 5.74) is 10.6. The van der Waals surface area contributed by atoms with Crippen LogP contribution in [0, 0.1) is 0 Å². The summed E-state index contributed by atoms with van der Waals surface area (Å²) in [6.45, 7) is 0.302. The second-order valence-corrected chi connectivity index (χ2v) is 9.50. The van der Waals surface area contributed by atoms with Gasteiger partial charge in [-0.2, -0.15) is 0 Å². The number of fused-ring (bicyclic) bond motifs is 1. The van der Waals surface area contributed by atoms with E-state index < -0.39 is 35.5 Å². The number of benzene rings is 1. The van der Waals surface area contributed by atoms with Crippen molar-refractivity contribution >= 4 is 29.6 Å². The lowest BCUT2D eigenvalue weighted by atomic mass is 9.84. The smallest absolute Gasteiger partial charge is 0.255 e. The van der Waals surface area contributed by atoms with Crippen LogP contribution in [0.2, 0.25) is 0 Å². The third kappa shape index (κ3) is 3.23. The van der Waals surface area contributed by atoms with Crippen LogP contribution in [-0.4, -0.2) is 106 Å². The van der Waals surface area contributed by atoms with Crippen molar-refractivity contribution in [2.75, 3.05) is 26.3 Å². The third-order valence-electron chi connectivity index (χ3n) is 7.44. The number of likely N-dealkylation sites (tertiary alicyclic amines) is 1. The number of hydrogen-bond acceptors (Lipinski definition) is 13. The molecule has 15 heteroatoms. The molecule has 5 aliphatic rings. The Balaban J connectivity index is 1.31. The first-order valence-corrected chi connectivity index (χ1v) is 11.8. The third-order valence-corrected chi connectivity index (χ3v) is 7.44. The van der Waals surface area contributed by atoms with Crippen molar-refractivity contribution < 1.29 is 34.1 Å². The first-order chi connectivity index (χ1) is 17.6. The molecule has 0 aliphatic carbocycles. The number of nitrogens with two attached hydrogens (primary N) is 2. The van der Waals surface area contributed by atoms with Crippen LogP contribution in [0.4, 0.5) is 0 Å². The Hall–Kier alpha value is -4.11. The molecule has 1 aromatic rings. The summed E-state index contributed by atoms with van der Waals surface area (Å²) in [6.07, 6.45) is 0.179. The van der Waals surface area contributed by atoms with Gasteiger partial charge in [-0.1, -0.05) is 6.07 Å². The highest BCUT2D eigenvalue weighted by Gasteiger charge is 2.73. The predicted molar refractivity (Wildman–Crippen MR) is 125 cm³/mol. The van der Waals surface area contributed by atoms with Crippen LogP contribution in [0.3, 0.4) is 0 Å². The van der Waals surface area contributed by atoms with Crippen molar-refractivity contribution in [3.05, 3.63) is 23.8 Å². The van der Waals surface area contributed by atoms with E-state index in [9.17, 15) is 24.6 Å². The van der Waals surface area contributed by atoms with Gasteiger partial charge >= 0.3 is 0 Å². The molecule has 3 amide bonds. The zero-order chi connectivity index (χ0) is 26.1. The number of carbonyl (C=O) groups is 3. The number of nitrogens with zero attached hydrogens (tertiary/aromatic N) is 4. The van der Waals surface area contributed by atoms with Gasteiger partial charge in [-0.15, -0.1) is 0 Å². The maximum atomic E-state index is 13.3. The minimum Gasteiger partial charge on any atom is -0.486 e. The van der Waals surface area contributed by atoms with Crippen molar-refractivity contribution in [3.8, 4) is 11.5 Å². The second-order valence-electron chi connectivity index (χ2n) is 9.50. The highest BCUT2D eigenvalue weighted by Crippen LogP contribution is 2.45. The van der Waals surface area contributed by atoms with Crippen molar-refractivity contribution in [2.45, 2.75) is 42.4 Å². The van der Waals surface area contributed by atoms with Crippen LogP contribution in [-0.2, 0) is 9.59 Å². The number of amides is 3. The van der Waals surface area contributed by atoms with E-state index in [2.05, 4.69) is 20.6 Å². The molecule has 37 heavy (non-hydrogen) atoms. The fourth-order valence-corrected chi connectivity index (χ4v) is 5.74. The Morgan fingerprint density at radius 2 is 1.89 bits per heavy atom. The molecule has 4 atom stereocenters. The van der Waals surface area contributed by atoms with E-state index in [-0.39, 0.29) is 67.6 Å². The van der Waals surface area contributed by atoms with Crippen molar-refractivity contribution in [3.63, 3.8) is 0 Å². The Bertz CT molecular complexity index is 1250. The van der Waals surface area contributed by atoms with Gasteiger partial charge in [0.25, 0.3) is 5.91 Å². The SMILES string of the molecule is NC1=NC2C(CN3C(=O)CCC3=O)N=C(N)N3CC(NC(=O)c4cccc5c4OCCO5)C(O)(O)C23N1. The fraction of sp³-hybridized carbons (Fsp3) is 0.500. The van der Waals surface area contributed by atoms with Crippen LogP contribution in [0.1, 0.15) is 23.2 Å². The van der Waals surface area contributed by atoms with Crippen molar-refractivity contribution in [2.24, 2.45) is 21.5 Å². The van der Waals surface area contributed by atoms with Gasteiger partial charge in [0, 0.05) is 19.4 Å². The maximum absolute atomic E-state index is 13.3. The van der Waals surface area contributed by atoms with Crippen LogP contribution in [0.15, 0.2) is 28.2 Å². The number of para-hydroxylation sites is 1. The summed E-state index contributed by atoms with van der Waals surface area (Å²) in [7, 11) is 0. The Kier molecular flexibility index (Phi) is 5.00. The number of ether oxygens (including phenoxy) is 2. The quantitative estimate of drug-likeness (QED) is 0.170. The number of aliphatic imine (C=N–C) groups is 2. The Labute approximate surface area is 210 Å². The monoisotopic (exact) mass is 514 g/mol. The summed E-state index contributed by atoms with van der Waals surface area (Å²) in [4.78, 5) is 48.9. The molecule has 5 aliphatic heterocycles. The molecule has 5 heterocycles. The first kappa shape index (κ1) is 23.3. The molecule has 0 aromatic heterocycles. The summed E-state index contributed by atoms with van der Waals surface area (Å²) >= 11 is 0.